The highest BCUT2D eigenvalue weighted by Gasteiger charge is 2.09. The quantitative estimate of drug-likeness (QED) is 0.870. The molecule has 94 valence electrons. The van der Waals surface area contributed by atoms with Crippen molar-refractivity contribution >= 4 is 5.69 Å². The van der Waals surface area contributed by atoms with Crippen LogP contribution < -0.4 is 5.32 Å². The van der Waals surface area contributed by atoms with Crippen molar-refractivity contribution in [3.63, 3.8) is 0 Å². The van der Waals surface area contributed by atoms with Gasteiger partial charge in [0.2, 0.25) is 0 Å². The monoisotopic (exact) mass is 240 g/mol. The second-order valence-electron chi connectivity index (χ2n) is 4.81. The van der Waals surface area contributed by atoms with Gasteiger partial charge in [-0.3, -0.25) is 4.98 Å². The Bertz CT molecular complexity index is 547. The van der Waals surface area contributed by atoms with Crippen molar-refractivity contribution in [2.24, 2.45) is 0 Å². The molecule has 0 aliphatic heterocycles. The largest absolute Gasteiger partial charge is 0.377 e. The smallest absolute Gasteiger partial charge is 0.0607 e. The molecule has 0 aliphatic rings. The molecule has 0 spiro atoms. The van der Waals surface area contributed by atoms with Crippen molar-refractivity contribution in [1.82, 2.24) is 4.98 Å². The van der Waals surface area contributed by atoms with E-state index in [1.165, 1.54) is 11.1 Å². The predicted molar refractivity (Wildman–Crippen MR) is 76.9 cm³/mol. The van der Waals surface area contributed by atoms with Crippen LogP contribution >= 0.6 is 0 Å². The molecule has 18 heavy (non-hydrogen) atoms. The molecule has 0 saturated heterocycles. The molecule has 0 amide bonds. The van der Waals surface area contributed by atoms with E-state index >= 15 is 0 Å². The summed E-state index contributed by atoms with van der Waals surface area (Å²) in [6.07, 6.45) is 0. The van der Waals surface area contributed by atoms with Crippen molar-refractivity contribution < 1.29 is 0 Å². The molecular formula is C16H20N2. The Morgan fingerprint density at radius 3 is 2.39 bits per heavy atom. The number of aromatic nitrogens is 1. The van der Waals surface area contributed by atoms with Gasteiger partial charge in [-0.05, 0) is 51.0 Å². The van der Waals surface area contributed by atoms with E-state index in [0.29, 0.717) is 0 Å². The molecular weight excluding hydrogens is 220 g/mol. The lowest BCUT2D eigenvalue weighted by Crippen LogP contribution is -2.09. The lowest BCUT2D eigenvalue weighted by atomic mass is 10.0. The van der Waals surface area contributed by atoms with Crippen LogP contribution in [0.5, 0.6) is 0 Å². The van der Waals surface area contributed by atoms with Crippen LogP contribution in [0, 0.1) is 20.8 Å². The molecule has 1 aromatic heterocycles. The van der Waals surface area contributed by atoms with E-state index in [2.05, 4.69) is 54.5 Å². The zero-order chi connectivity index (χ0) is 13.1. The molecule has 1 N–H and O–H groups in total. The van der Waals surface area contributed by atoms with Gasteiger partial charge in [-0.15, -0.1) is 0 Å². The van der Waals surface area contributed by atoms with Crippen LogP contribution in [0.25, 0.3) is 0 Å². The zero-order valence-electron chi connectivity index (χ0n) is 11.5. The summed E-state index contributed by atoms with van der Waals surface area (Å²) in [4.78, 5) is 4.48. The molecule has 1 atom stereocenters. The first-order chi connectivity index (χ1) is 8.58. The Morgan fingerprint density at radius 1 is 1.00 bits per heavy atom. The summed E-state index contributed by atoms with van der Waals surface area (Å²) >= 11 is 0. The Kier molecular flexibility index (Phi) is 3.66. The number of aryl methyl sites for hydroxylation is 3. The number of anilines is 1. The van der Waals surface area contributed by atoms with Crippen LogP contribution in [-0.2, 0) is 0 Å². The van der Waals surface area contributed by atoms with Crippen molar-refractivity contribution in [1.29, 1.82) is 0 Å². The maximum absolute atomic E-state index is 4.48. The van der Waals surface area contributed by atoms with Gasteiger partial charge in [0.05, 0.1) is 11.4 Å². The number of nitrogens with one attached hydrogen (secondary N) is 1. The topological polar surface area (TPSA) is 24.9 Å². The van der Waals surface area contributed by atoms with Gasteiger partial charge in [0.25, 0.3) is 0 Å². The second kappa shape index (κ2) is 5.21. The summed E-state index contributed by atoms with van der Waals surface area (Å²) in [5.41, 5.74) is 5.86. The predicted octanol–water partition coefficient (Wildman–Crippen LogP) is 4.18. The van der Waals surface area contributed by atoms with Gasteiger partial charge in [-0.1, -0.05) is 24.3 Å². The van der Waals surface area contributed by atoms with Gasteiger partial charge < -0.3 is 5.32 Å². The Labute approximate surface area is 109 Å². The van der Waals surface area contributed by atoms with E-state index in [1.807, 2.05) is 19.9 Å². The molecule has 1 unspecified atom stereocenters. The van der Waals surface area contributed by atoms with Crippen molar-refractivity contribution in [2.75, 3.05) is 5.32 Å². The summed E-state index contributed by atoms with van der Waals surface area (Å²) in [6, 6.07) is 12.9. The lowest BCUT2D eigenvalue weighted by Gasteiger charge is -2.19. The first-order valence-corrected chi connectivity index (χ1v) is 6.34. The Morgan fingerprint density at radius 2 is 1.72 bits per heavy atom. The first-order valence-electron chi connectivity index (χ1n) is 6.34. The molecule has 2 aromatic rings. The number of rotatable bonds is 3. The van der Waals surface area contributed by atoms with Gasteiger partial charge in [-0.25, -0.2) is 0 Å². The van der Waals surface area contributed by atoms with Crippen LogP contribution in [0.15, 0.2) is 36.4 Å². The van der Waals surface area contributed by atoms with Gasteiger partial charge >= 0.3 is 0 Å². The molecule has 0 aliphatic carbocycles. The lowest BCUT2D eigenvalue weighted by molar-refractivity contribution is 0.868. The van der Waals surface area contributed by atoms with Crippen LogP contribution in [0.1, 0.15) is 35.5 Å². The zero-order valence-corrected chi connectivity index (χ0v) is 11.5. The fraction of sp³-hybridized carbons (Fsp3) is 0.312. The van der Waals surface area contributed by atoms with E-state index in [0.717, 1.165) is 17.1 Å². The molecule has 2 heteroatoms. The maximum Gasteiger partial charge on any atom is 0.0607 e. The standard InChI is InChI=1S/C16H20N2/c1-11-7-5-6-8-15(11)13(3)18-16-10-9-12(2)17-14(16)4/h5-10,13,18H,1-4H3. The summed E-state index contributed by atoms with van der Waals surface area (Å²) < 4.78 is 0. The number of nitrogens with zero attached hydrogens (tertiary/aromatic N) is 1. The van der Waals surface area contributed by atoms with E-state index in [9.17, 15) is 0 Å². The van der Waals surface area contributed by atoms with E-state index in [4.69, 9.17) is 0 Å². The first kappa shape index (κ1) is 12.6. The highest BCUT2D eigenvalue weighted by Crippen LogP contribution is 2.23. The highest BCUT2D eigenvalue weighted by atomic mass is 14.9. The third-order valence-corrected chi connectivity index (χ3v) is 3.25. The fourth-order valence-electron chi connectivity index (χ4n) is 2.22. The number of pyridine rings is 1. The minimum absolute atomic E-state index is 0.286. The van der Waals surface area contributed by atoms with Crippen molar-refractivity contribution in [3.05, 3.63) is 58.9 Å². The molecule has 0 saturated carbocycles. The van der Waals surface area contributed by atoms with E-state index in [-0.39, 0.29) is 6.04 Å². The van der Waals surface area contributed by atoms with Crippen LogP contribution in [-0.4, -0.2) is 4.98 Å². The molecule has 2 nitrogen and oxygen atoms in total. The minimum atomic E-state index is 0.286. The summed E-state index contributed by atoms with van der Waals surface area (Å²) in [5.74, 6) is 0. The SMILES string of the molecule is Cc1ccc(NC(C)c2ccccc2C)c(C)n1. The molecule has 0 radical (unpaired) electrons. The molecule has 0 fully saturated rings. The van der Waals surface area contributed by atoms with Crippen LogP contribution in [0.4, 0.5) is 5.69 Å². The second-order valence-corrected chi connectivity index (χ2v) is 4.81. The van der Waals surface area contributed by atoms with Gasteiger partial charge in [0, 0.05) is 11.7 Å². The molecule has 1 heterocycles. The summed E-state index contributed by atoms with van der Waals surface area (Å²) in [6.45, 7) is 8.39. The summed E-state index contributed by atoms with van der Waals surface area (Å²) in [7, 11) is 0. The van der Waals surface area contributed by atoms with E-state index < -0.39 is 0 Å². The average Bonchev–Trinajstić information content (AvgIpc) is 2.33. The Balaban J connectivity index is 2.21. The number of hydrogen-bond acceptors (Lipinski definition) is 2. The molecule has 1 aromatic carbocycles. The number of hydrogen-bond donors (Lipinski definition) is 1. The van der Waals surface area contributed by atoms with Gasteiger partial charge in [0.15, 0.2) is 0 Å². The third-order valence-electron chi connectivity index (χ3n) is 3.25. The third kappa shape index (κ3) is 2.70. The van der Waals surface area contributed by atoms with E-state index in [1.54, 1.807) is 0 Å². The van der Waals surface area contributed by atoms with Gasteiger partial charge in [0.1, 0.15) is 0 Å². The van der Waals surface area contributed by atoms with Gasteiger partial charge in [-0.2, -0.15) is 0 Å². The normalized spacial score (nSPS) is 12.2. The van der Waals surface area contributed by atoms with Crippen LogP contribution in [0.2, 0.25) is 0 Å². The van der Waals surface area contributed by atoms with Crippen molar-refractivity contribution in [3.8, 4) is 0 Å². The average molecular weight is 240 g/mol. The minimum Gasteiger partial charge on any atom is -0.377 e. The Hall–Kier alpha value is -1.83. The van der Waals surface area contributed by atoms with Crippen LogP contribution in [0.3, 0.4) is 0 Å². The molecule has 0 bridgehead atoms. The number of benzene rings is 1. The molecule has 2 rings (SSSR count). The highest BCUT2D eigenvalue weighted by molar-refractivity contribution is 5.50. The van der Waals surface area contributed by atoms with Crippen molar-refractivity contribution in [2.45, 2.75) is 33.7 Å². The maximum atomic E-state index is 4.48. The summed E-state index contributed by atoms with van der Waals surface area (Å²) in [5, 5.41) is 3.53. The fourth-order valence-corrected chi connectivity index (χ4v) is 2.22.